The van der Waals surface area contributed by atoms with Crippen LogP contribution in [0.15, 0.2) is 24.3 Å². The maximum atomic E-state index is 12.9. The van der Waals surface area contributed by atoms with Gasteiger partial charge >= 0.3 is 0 Å². The summed E-state index contributed by atoms with van der Waals surface area (Å²) >= 11 is 0. The number of ketones is 1. The first kappa shape index (κ1) is 17.2. The molecule has 2 aromatic rings. The van der Waals surface area contributed by atoms with Crippen LogP contribution in [0.5, 0.6) is 0 Å². The molecule has 1 fully saturated rings. The molecule has 6 heteroatoms. The molecule has 3 rings (SSSR count). The Morgan fingerprint density at radius 3 is 2.62 bits per heavy atom. The number of rotatable bonds is 7. The van der Waals surface area contributed by atoms with Gasteiger partial charge in [0.05, 0.1) is 12.3 Å². The van der Waals surface area contributed by atoms with Gasteiger partial charge in [-0.1, -0.05) is 18.2 Å². The number of hydrogen-bond donors (Lipinski definition) is 1. The van der Waals surface area contributed by atoms with Crippen molar-refractivity contribution in [2.45, 2.75) is 38.8 Å². The predicted octanol–water partition coefficient (Wildman–Crippen LogP) is 2.56. The maximum Gasteiger partial charge on any atom is 0.179 e. The predicted molar refractivity (Wildman–Crippen MR) is 96.3 cm³/mol. The Labute approximate surface area is 143 Å². The molecule has 0 bridgehead atoms. The Hall–Kier alpha value is -1.66. The Balaban J connectivity index is 1.84. The van der Waals surface area contributed by atoms with Crippen LogP contribution < -0.4 is 0 Å². The zero-order chi connectivity index (χ0) is 17.5. The number of nitrogens with zero attached hydrogens (tertiary/aromatic N) is 1. The van der Waals surface area contributed by atoms with E-state index in [1.165, 1.54) is 6.26 Å². The van der Waals surface area contributed by atoms with E-state index in [9.17, 15) is 13.2 Å². The fraction of sp³-hybridized carbons (Fsp3) is 0.500. The zero-order valence-electron chi connectivity index (χ0n) is 14.4. The average Bonchev–Trinajstić information content (AvgIpc) is 3.24. The molecule has 1 heterocycles. The molecular weight excluding hydrogens is 324 g/mol. The van der Waals surface area contributed by atoms with Crippen LogP contribution in [0.1, 0.15) is 35.8 Å². The van der Waals surface area contributed by atoms with E-state index in [0.717, 1.165) is 35.0 Å². The summed E-state index contributed by atoms with van der Waals surface area (Å²) in [7, 11) is -3.07. The van der Waals surface area contributed by atoms with E-state index in [0.29, 0.717) is 6.04 Å². The number of fused-ring (bicyclic) bond motifs is 1. The third-order valence-corrected chi connectivity index (χ3v) is 5.71. The summed E-state index contributed by atoms with van der Waals surface area (Å²) in [5.74, 6) is 0.140. The summed E-state index contributed by atoms with van der Waals surface area (Å²) in [6.45, 7) is 4.08. The summed E-state index contributed by atoms with van der Waals surface area (Å²) in [6, 6.07) is 7.96. The Morgan fingerprint density at radius 2 is 2.00 bits per heavy atom. The van der Waals surface area contributed by atoms with Crippen molar-refractivity contribution in [2.24, 2.45) is 0 Å². The van der Waals surface area contributed by atoms with Crippen LogP contribution in [0, 0.1) is 6.92 Å². The highest BCUT2D eigenvalue weighted by Crippen LogP contribution is 2.30. The van der Waals surface area contributed by atoms with E-state index >= 15 is 0 Å². The molecule has 0 radical (unpaired) electrons. The number of sulfone groups is 1. The minimum absolute atomic E-state index is 0.0530. The normalized spacial score (nSPS) is 16.7. The van der Waals surface area contributed by atoms with Crippen LogP contribution in [-0.4, -0.2) is 54.7 Å². The van der Waals surface area contributed by atoms with Crippen LogP contribution in [0.3, 0.4) is 0 Å². The van der Waals surface area contributed by atoms with Crippen molar-refractivity contribution in [3.63, 3.8) is 0 Å². The van der Waals surface area contributed by atoms with Gasteiger partial charge in [-0.05, 0) is 32.8 Å². The standard InChI is InChI=1S/C18H24N2O3S/c1-12(11-24(3,22)23)20(14-8-9-14)10-17(21)18-13(2)19-16-7-5-4-6-15(16)18/h4-7,12,14,19H,8-11H2,1-3H3/t12-/m1/s1. The molecule has 0 amide bonds. The minimum Gasteiger partial charge on any atom is -0.358 e. The third kappa shape index (κ3) is 3.70. The van der Waals surface area contributed by atoms with Gasteiger partial charge in [-0.3, -0.25) is 9.69 Å². The van der Waals surface area contributed by atoms with Crippen molar-refractivity contribution >= 4 is 26.5 Å². The molecule has 1 aliphatic carbocycles. The van der Waals surface area contributed by atoms with Gasteiger partial charge in [0.2, 0.25) is 0 Å². The van der Waals surface area contributed by atoms with Crippen LogP contribution in [0.4, 0.5) is 0 Å². The number of para-hydroxylation sites is 1. The van der Waals surface area contributed by atoms with Crippen LogP contribution in [0.25, 0.3) is 10.9 Å². The molecule has 0 aliphatic heterocycles. The van der Waals surface area contributed by atoms with E-state index in [4.69, 9.17) is 0 Å². The number of Topliss-reactive ketones (excluding diaryl/α,β-unsaturated/α-hetero) is 1. The molecule has 24 heavy (non-hydrogen) atoms. The molecule has 1 saturated carbocycles. The van der Waals surface area contributed by atoms with Gasteiger partial charge in [0.1, 0.15) is 9.84 Å². The van der Waals surface area contributed by atoms with Crippen molar-refractivity contribution in [2.75, 3.05) is 18.6 Å². The van der Waals surface area contributed by atoms with Gasteiger partial charge in [-0.25, -0.2) is 8.42 Å². The van der Waals surface area contributed by atoms with Gasteiger partial charge in [0, 0.05) is 40.5 Å². The van der Waals surface area contributed by atoms with Gasteiger partial charge in [0.15, 0.2) is 5.78 Å². The summed E-state index contributed by atoms with van der Waals surface area (Å²) in [5.41, 5.74) is 2.55. The molecule has 130 valence electrons. The topological polar surface area (TPSA) is 70.2 Å². The molecule has 0 spiro atoms. The number of carbonyl (C=O) groups is 1. The quantitative estimate of drug-likeness (QED) is 0.781. The summed E-state index contributed by atoms with van der Waals surface area (Å²) in [5, 5.41) is 0.937. The fourth-order valence-electron chi connectivity index (χ4n) is 3.47. The molecule has 0 unspecified atom stereocenters. The van der Waals surface area contributed by atoms with Crippen molar-refractivity contribution in [1.29, 1.82) is 0 Å². The van der Waals surface area contributed by atoms with Crippen LogP contribution >= 0.6 is 0 Å². The summed E-state index contributed by atoms with van der Waals surface area (Å²) < 4.78 is 23.2. The van der Waals surface area contributed by atoms with Gasteiger partial charge < -0.3 is 4.98 Å². The average molecular weight is 348 g/mol. The lowest BCUT2D eigenvalue weighted by molar-refractivity contribution is 0.0899. The zero-order valence-corrected chi connectivity index (χ0v) is 15.2. The SMILES string of the molecule is Cc1[nH]c2ccccc2c1C(=O)CN(C1CC1)[C@H](C)CS(C)(=O)=O. The maximum absolute atomic E-state index is 12.9. The summed E-state index contributed by atoms with van der Waals surface area (Å²) in [4.78, 5) is 18.3. The molecule has 5 nitrogen and oxygen atoms in total. The van der Waals surface area contributed by atoms with Gasteiger partial charge in [-0.2, -0.15) is 0 Å². The first-order valence-electron chi connectivity index (χ1n) is 8.30. The molecule has 1 atom stereocenters. The molecule has 1 aromatic heterocycles. The minimum atomic E-state index is -3.07. The Bertz CT molecular complexity index is 866. The second-order valence-corrected chi connectivity index (χ2v) is 9.12. The van der Waals surface area contributed by atoms with Crippen molar-refractivity contribution in [3.05, 3.63) is 35.5 Å². The number of aromatic amines is 1. The molecule has 1 aromatic carbocycles. The number of aryl methyl sites for hydroxylation is 1. The Morgan fingerprint density at radius 1 is 1.33 bits per heavy atom. The number of benzene rings is 1. The fourth-order valence-corrected chi connectivity index (χ4v) is 4.53. The van der Waals surface area contributed by atoms with Crippen molar-refractivity contribution < 1.29 is 13.2 Å². The smallest absolute Gasteiger partial charge is 0.179 e. The van der Waals surface area contributed by atoms with Crippen molar-refractivity contribution in [1.82, 2.24) is 9.88 Å². The monoisotopic (exact) mass is 348 g/mol. The largest absolute Gasteiger partial charge is 0.358 e. The molecular formula is C18H24N2O3S. The van der Waals surface area contributed by atoms with E-state index in [-0.39, 0.29) is 24.1 Å². The second-order valence-electron chi connectivity index (χ2n) is 6.94. The highest BCUT2D eigenvalue weighted by molar-refractivity contribution is 7.90. The number of carbonyl (C=O) groups excluding carboxylic acids is 1. The number of nitrogens with one attached hydrogen (secondary N) is 1. The number of aromatic nitrogens is 1. The van der Waals surface area contributed by atoms with E-state index in [1.807, 2.05) is 38.1 Å². The Kier molecular flexibility index (Phi) is 4.53. The number of H-pyrrole nitrogens is 1. The highest BCUT2D eigenvalue weighted by Gasteiger charge is 2.35. The van der Waals surface area contributed by atoms with E-state index in [1.54, 1.807) is 0 Å². The first-order valence-corrected chi connectivity index (χ1v) is 10.4. The van der Waals surface area contributed by atoms with Gasteiger partial charge in [0.25, 0.3) is 0 Å². The van der Waals surface area contributed by atoms with Crippen molar-refractivity contribution in [3.8, 4) is 0 Å². The second kappa shape index (κ2) is 6.33. The lowest BCUT2D eigenvalue weighted by Crippen LogP contribution is -2.42. The molecule has 1 aliphatic rings. The van der Waals surface area contributed by atoms with Crippen LogP contribution in [0.2, 0.25) is 0 Å². The number of hydrogen-bond acceptors (Lipinski definition) is 4. The first-order chi connectivity index (χ1) is 11.3. The lowest BCUT2D eigenvalue weighted by atomic mass is 10.1. The van der Waals surface area contributed by atoms with Crippen LogP contribution in [-0.2, 0) is 9.84 Å². The lowest BCUT2D eigenvalue weighted by Gasteiger charge is -2.28. The molecule has 0 saturated heterocycles. The third-order valence-electron chi connectivity index (χ3n) is 4.62. The van der Waals surface area contributed by atoms with E-state index < -0.39 is 9.84 Å². The van der Waals surface area contributed by atoms with E-state index in [2.05, 4.69) is 9.88 Å². The molecule has 1 N–H and O–H groups in total. The van der Waals surface area contributed by atoms with Gasteiger partial charge in [-0.15, -0.1) is 0 Å². The summed E-state index contributed by atoms with van der Waals surface area (Å²) in [6.07, 6.45) is 3.32. The highest BCUT2D eigenvalue weighted by atomic mass is 32.2.